The van der Waals surface area contributed by atoms with Crippen molar-refractivity contribution < 1.29 is 14.4 Å². The Morgan fingerprint density at radius 1 is 1.42 bits per heavy atom. The number of hydrogen-bond acceptors (Lipinski definition) is 3. The molecule has 6 heteroatoms. The molecule has 0 unspecified atom stereocenters. The van der Waals surface area contributed by atoms with E-state index in [1.165, 1.54) is 6.07 Å². The van der Waals surface area contributed by atoms with Crippen LogP contribution in [-0.4, -0.2) is 20.8 Å². The van der Waals surface area contributed by atoms with Crippen LogP contribution in [0.4, 0.5) is 0 Å². The fourth-order valence-electron chi connectivity index (χ4n) is 2.06. The minimum absolute atomic E-state index is 0.180. The predicted octanol–water partition coefficient (Wildman–Crippen LogP) is 3.18. The van der Waals surface area contributed by atoms with Gasteiger partial charge < -0.3 is 14.2 Å². The van der Waals surface area contributed by atoms with Crippen molar-refractivity contribution >= 4 is 28.5 Å². The van der Waals surface area contributed by atoms with Crippen molar-refractivity contribution in [2.75, 3.05) is 0 Å². The van der Waals surface area contributed by atoms with Gasteiger partial charge >= 0.3 is 5.97 Å². The number of carbonyl (C=O) groups is 1. The lowest BCUT2D eigenvalue weighted by atomic mass is 10.1. The summed E-state index contributed by atoms with van der Waals surface area (Å²) in [5.41, 5.74) is 2.25. The maximum absolute atomic E-state index is 10.8. The summed E-state index contributed by atoms with van der Waals surface area (Å²) in [6, 6.07) is 6.91. The molecule has 3 aromatic rings. The lowest BCUT2D eigenvalue weighted by molar-refractivity contribution is 0.0652. The van der Waals surface area contributed by atoms with Gasteiger partial charge in [-0.05, 0) is 12.1 Å². The Bertz CT molecular complexity index is 788. The molecule has 0 saturated heterocycles. The number of fused-ring (bicyclic) bond motifs is 1. The molecule has 0 fully saturated rings. The van der Waals surface area contributed by atoms with Crippen molar-refractivity contribution in [3.8, 4) is 11.3 Å². The van der Waals surface area contributed by atoms with Gasteiger partial charge in [-0.25, -0.2) is 4.79 Å². The van der Waals surface area contributed by atoms with E-state index in [-0.39, 0.29) is 5.76 Å². The zero-order valence-electron chi connectivity index (χ0n) is 9.92. The Labute approximate surface area is 113 Å². The summed E-state index contributed by atoms with van der Waals surface area (Å²) in [6.07, 6.45) is 1.87. The topological polar surface area (TPSA) is 68.3 Å². The summed E-state index contributed by atoms with van der Waals surface area (Å²) in [5, 5.41) is 14.2. The van der Waals surface area contributed by atoms with E-state index in [2.05, 4.69) is 5.16 Å². The van der Waals surface area contributed by atoms with E-state index in [1.54, 1.807) is 6.07 Å². The quantitative estimate of drug-likeness (QED) is 0.780. The number of carboxylic acid groups (broad SMARTS) is 1. The molecule has 0 atom stereocenters. The molecular weight excluding hydrogens is 268 g/mol. The summed E-state index contributed by atoms with van der Waals surface area (Å²) >= 11 is 5.97. The molecule has 0 aliphatic heterocycles. The lowest BCUT2D eigenvalue weighted by Gasteiger charge is -1.96. The van der Waals surface area contributed by atoms with Crippen molar-refractivity contribution in [3.63, 3.8) is 0 Å². The number of aromatic nitrogens is 2. The van der Waals surface area contributed by atoms with Gasteiger partial charge in [-0.2, -0.15) is 0 Å². The van der Waals surface area contributed by atoms with Crippen LogP contribution in [0, 0.1) is 0 Å². The molecule has 0 bridgehead atoms. The maximum Gasteiger partial charge on any atom is 0.374 e. The second kappa shape index (κ2) is 4.13. The third-order valence-electron chi connectivity index (χ3n) is 2.95. The predicted molar refractivity (Wildman–Crippen MR) is 70.4 cm³/mol. The van der Waals surface area contributed by atoms with Crippen LogP contribution in [-0.2, 0) is 7.05 Å². The van der Waals surface area contributed by atoms with E-state index in [4.69, 9.17) is 21.2 Å². The largest absolute Gasteiger partial charge is 0.475 e. The number of hydrogen-bond donors (Lipinski definition) is 1. The Kier molecular flexibility index (Phi) is 2.57. The van der Waals surface area contributed by atoms with Gasteiger partial charge in [-0.15, -0.1) is 0 Å². The second-order valence-corrected chi connectivity index (χ2v) is 4.63. The smallest absolute Gasteiger partial charge is 0.374 e. The minimum atomic E-state index is -1.14. The normalized spacial score (nSPS) is 11.1. The molecule has 0 radical (unpaired) electrons. The monoisotopic (exact) mass is 276 g/mol. The van der Waals surface area contributed by atoms with Gasteiger partial charge in [0.15, 0.2) is 0 Å². The van der Waals surface area contributed by atoms with Crippen molar-refractivity contribution in [1.29, 1.82) is 0 Å². The van der Waals surface area contributed by atoms with E-state index >= 15 is 0 Å². The van der Waals surface area contributed by atoms with Crippen LogP contribution < -0.4 is 0 Å². The zero-order chi connectivity index (χ0) is 13.6. The Morgan fingerprint density at radius 3 is 2.89 bits per heavy atom. The van der Waals surface area contributed by atoms with Gasteiger partial charge in [-0.3, -0.25) is 0 Å². The highest BCUT2D eigenvalue weighted by Gasteiger charge is 2.16. The first-order chi connectivity index (χ1) is 9.06. The van der Waals surface area contributed by atoms with Gasteiger partial charge in [0.1, 0.15) is 5.69 Å². The molecule has 19 heavy (non-hydrogen) atoms. The van der Waals surface area contributed by atoms with Crippen LogP contribution in [0.15, 0.2) is 35.0 Å². The molecule has 0 aliphatic rings. The first-order valence-corrected chi connectivity index (χ1v) is 5.89. The van der Waals surface area contributed by atoms with E-state index in [9.17, 15) is 4.79 Å². The minimum Gasteiger partial charge on any atom is -0.475 e. The van der Waals surface area contributed by atoms with Crippen molar-refractivity contribution in [3.05, 3.63) is 41.2 Å². The van der Waals surface area contributed by atoms with Gasteiger partial charge in [-0.1, -0.05) is 22.8 Å². The van der Waals surface area contributed by atoms with Crippen molar-refractivity contribution in [2.24, 2.45) is 7.05 Å². The van der Waals surface area contributed by atoms with Gasteiger partial charge in [0.25, 0.3) is 0 Å². The van der Waals surface area contributed by atoms with Crippen molar-refractivity contribution in [1.82, 2.24) is 9.72 Å². The highest BCUT2D eigenvalue weighted by molar-refractivity contribution is 6.31. The van der Waals surface area contributed by atoms with E-state index < -0.39 is 5.97 Å². The molecule has 0 spiro atoms. The molecule has 2 aromatic heterocycles. The first-order valence-electron chi connectivity index (χ1n) is 5.51. The molecule has 1 N–H and O–H groups in total. The third-order valence-corrected chi connectivity index (χ3v) is 3.18. The number of nitrogens with zero attached hydrogens (tertiary/aromatic N) is 2. The average molecular weight is 277 g/mol. The average Bonchev–Trinajstić information content (AvgIpc) is 2.95. The Hall–Kier alpha value is -2.27. The number of benzene rings is 1. The number of rotatable bonds is 2. The fourth-order valence-corrected chi connectivity index (χ4v) is 2.23. The second-order valence-electron chi connectivity index (χ2n) is 4.20. The summed E-state index contributed by atoms with van der Waals surface area (Å²) < 4.78 is 6.69. The standard InChI is InChI=1S/C13H9ClN2O3/c1-16-6-9(8-3-2-7(14)4-11(8)16)10-5-12(13(17)18)19-15-10/h2-6H,1H3,(H,17,18). The number of carboxylic acids is 1. The molecule has 0 amide bonds. The zero-order valence-corrected chi connectivity index (χ0v) is 10.7. The lowest BCUT2D eigenvalue weighted by Crippen LogP contribution is -1.91. The van der Waals surface area contributed by atoms with Crippen LogP contribution >= 0.6 is 11.6 Å². The molecular formula is C13H9ClN2O3. The number of halogens is 1. The highest BCUT2D eigenvalue weighted by Crippen LogP contribution is 2.31. The summed E-state index contributed by atoms with van der Waals surface area (Å²) in [7, 11) is 1.89. The highest BCUT2D eigenvalue weighted by atomic mass is 35.5. The third kappa shape index (κ3) is 1.88. The van der Waals surface area contributed by atoms with E-state index in [1.807, 2.05) is 29.9 Å². The van der Waals surface area contributed by atoms with Crippen LogP contribution in [0.3, 0.4) is 0 Å². The van der Waals surface area contributed by atoms with Crippen LogP contribution in [0.5, 0.6) is 0 Å². The van der Waals surface area contributed by atoms with Gasteiger partial charge in [0.2, 0.25) is 5.76 Å². The van der Waals surface area contributed by atoms with Gasteiger partial charge in [0, 0.05) is 40.8 Å². The van der Waals surface area contributed by atoms with E-state index in [0.29, 0.717) is 10.7 Å². The SMILES string of the molecule is Cn1cc(-c2cc(C(=O)O)on2)c2ccc(Cl)cc21. The van der Waals surface area contributed by atoms with Crippen LogP contribution in [0.2, 0.25) is 5.02 Å². The first kappa shape index (κ1) is 11.8. The molecule has 3 rings (SSSR count). The Morgan fingerprint density at radius 2 is 2.21 bits per heavy atom. The summed E-state index contributed by atoms with van der Waals surface area (Å²) in [4.78, 5) is 10.8. The number of aromatic carboxylic acids is 1. The molecule has 0 aliphatic carbocycles. The van der Waals surface area contributed by atoms with E-state index in [0.717, 1.165) is 16.5 Å². The summed E-state index contributed by atoms with van der Waals surface area (Å²) in [6.45, 7) is 0. The fraction of sp³-hybridized carbons (Fsp3) is 0.0769. The molecule has 2 heterocycles. The van der Waals surface area contributed by atoms with Crippen LogP contribution in [0.25, 0.3) is 22.2 Å². The number of aryl methyl sites for hydroxylation is 1. The van der Waals surface area contributed by atoms with Crippen LogP contribution in [0.1, 0.15) is 10.6 Å². The molecule has 96 valence electrons. The molecule has 0 saturated carbocycles. The maximum atomic E-state index is 10.8. The van der Waals surface area contributed by atoms with Gasteiger partial charge in [0.05, 0.1) is 0 Å². The Balaban J connectivity index is 2.22. The molecule has 5 nitrogen and oxygen atoms in total. The molecule has 1 aromatic carbocycles. The van der Waals surface area contributed by atoms with Crippen molar-refractivity contribution in [2.45, 2.75) is 0 Å². The summed E-state index contributed by atoms with van der Waals surface area (Å²) in [5.74, 6) is -1.32.